The molecule has 0 atom stereocenters. The van der Waals surface area contributed by atoms with Gasteiger partial charge in [0.15, 0.2) is 80.5 Å². The summed E-state index contributed by atoms with van der Waals surface area (Å²) in [5.41, 5.74) is 56.7. The molecule has 56 nitrogen and oxygen atoms in total. The number of hydrogen-bond acceptors (Lipinski definition) is 56. The van der Waals surface area contributed by atoms with Crippen LogP contribution in [0.5, 0.6) is 80.5 Å². The summed E-state index contributed by atoms with van der Waals surface area (Å²) < 4.78 is 74.9. The van der Waals surface area contributed by atoms with Crippen molar-refractivity contribution in [3.63, 3.8) is 0 Å². The molecule has 14 heterocycles. The van der Waals surface area contributed by atoms with Gasteiger partial charge in [-0.3, -0.25) is 0 Å². The van der Waals surface area contributed by atoms with Crippen LogP contribution in [0.2, 0.25) is 0 Å². The van der Waals surface area contributed by atoms with Crippen LogP contribution >= 0.6 is 0 Å². The molecule has 145 heavy (non-hydrogen) atoms. The van der Waals surface area contributed by atoms with E-state index >= 15 is 0 Å². The van der Waals surface area contributed by atoms with E-state index in [0.717, 1.165) is 111 Å². The van der Waals surface area contributed by atoms with Crippen LogP contribution in [-0.4, -0.2) is 249 Å². The number of para-hydroxylation sites is 4. The molecule has 0 saturated carbocycles. The standard InChI is InChI=1S/C16H22N6O2.C15H20N6O2.C14H18N6O2.C12H14N6O2.2C11H12N6O2.C10H10N6O2/c1-21(2)15-18-14(19-16(20-15)22(3)4)17-8-7-11-5-6-12-13(9-11)24-10-23-12;1-16-13-18-14(20-15(19-13)21(2)3)17-7-6-10-4-5-11-12(8-10)23-9-22-11;1-20(2)14-18-12(15)17-13(19-14)16-6-5-9-3-4-10-11(7-9)22-8-21-10;13-10-16-11(14)18-12(17-10)15-5-4-7-2-1-3-8-9(7)20-6-19-8;1-17(11-15-9(12)14-10(13)16-11)6-3-2-4-7-8(6)19-5-18-7;12-9-15-10(13)17-11(16-9)14-4-6-2-1-3-7-8(6)19-5-18-7;11-8-14-9(12)16-10(15-8)13-5-2-1-3-6-7(5)18-4-17-6/h5-6,9H,7-8,10H2,1-4H3,(H,17,18,19,20);4-5,8H,6-7,9H2,1-3H3,(H2,16,17,18,19,20);3-4,7H,5-6,8H2,1-2H3,(H3,15,16,17,18,19);1-3H,4-6H2,(H5,13,14,15,16,17,18);2-4H,5H2,1H3,(H4,12,13,14,15,16);1-3H,4-5H2,(H5,12,13,14,15,16,17);1-3H,4H2,(H5,11,12,13,14,15,16). The van der Waals surface area contributed by atoms with Crippen molar-refractivity contribution in [3.8, 4) is 80.5 Å². The molecule has 56 heteroatoms. The van der Waals surface area contributed by atoms with Gasteiger partial charge in [0.1, 0.15) is 0 Å². The van der Waals surface area contributed by atoms with E-state index in [1.165, 1.54) is 5.56 Å². The largest absolute Gasteiger partial charge is 0.454 e. The van der Waals surface area contributed by atoms with Gasteiger partial charge in [-0.15, -0.1) is 0 Å². The van der Waals surface area contributed by atoms with Crippen LogP contribution in [0.1, 0.15) is 27.8 Å². The van der Waals surface area contributed by atoms with Gasteiger partial charge in [0, 0.05) is 109 Å². The number of nitrogens with two attached hydrogens (primary N) is 9. The van der Waals surface area contributed by atoms with Crippen LogP contribution in [0.25, 0.3) is 0 Å². The van der Waals surface area contributed by atoms with Crippen molar-refractivity contribution in [3.05, 3.63) is 155 Å². The summed E-state index contributed by atoms with van der Waals surface area (Å²) >= 11 is 0. The minimum Gasteiger partial charge on any atom is -0.454 e. The van der Waals surface area contributed by atoms with Gasteiger partial charge in [-0.05, 0) is 121 Å². The Bertz CT molecular complexity index is 6700. The Morgan fingerprint density at radius 3 is 1.00 bits per heavy atom. The maximum atomic E-state index is 5.68. The molecule has 0 amide bonds. The normalized spacial score (nSPS) is 12.3. The second kappa shape index (κ2) is 47.3. The van der Waals surface area contributed by atoms with E-state index in [0.29, 0.717) is 140 Å². The van der Waals surface area contributed by atoms with E-state index in [1.807, 2.05) is 198 Å². The number of anilines is 23. The van der Waals surface area contributed by atoms with Crippen LogP contribution < -0.4 is 180 Å². The Morgan fingerprint density at radius 2 is 0.552 bits per heavy atom. The van der Waals surface area contributed by atoms with Gasteiger partial charge in [-0.25, -0.2) is 0 Å². The molecule has 0 spiro atoms. The summed E-state index contributed by atoms with van der Waals surface area (Å²) in [7, 11) is 18.7. The number of hydrogen-bond donors (Lipinski definition) is 16. The lowest BCUT2D eigenvalue weighted by molar-refractivity contribution is 0.173. The second-order valence-corrected chi connectivity index (χ2v) is 31.8. The van der Waals surface area contributed by atoms with Crippen LogP contribution in [0.4, 0.5) is 136 Å². The lowest BCUT2D eigenvalue weighted by atomic mass is 10.1. The van der Waals surface area contributed by atoms with Gasteiger partial charge in [-0.2, -0.15) is 105 Å². The number of nitrogens with one attached hydrogen (secondary N) is 7. The molecule has 25 N–H and O–H groups in total. The van der Waals surface area contributed by atoms with Crippen molar-refractivity contribution in [2.75, 3.05) is 258 Å². The molecular formula is C89H108N42O14. The molecule has 7 aliphatic rings. The zero-order valence-corrected chi connectivity index (χ0v) is 80.5. The van der Waals surface area contributed by atoms with E-state index in [4.69, 9.17) is 118 Å². The molecule has 21 rings (SSSR count). The maximum Gasteiger partial charge on any atom is 0.236 e. The summed E-state index contributed by atoms with van der Waals surface area (Å²) in [6.45, 7) is 4.94. The van der Waals surface area contributed by atoms with Gasteiger partial charge in [0.25, 0.3) is 0 Å². The van der Waals surface area contributed by atoms with Gasteiger partial charge >= 0.3 is 0 Å². The number of nitrogen functional groups attached to an aromatic ring is 9. The highest BCUT2D eigenvalue weighted by Gasteiger charge is 2.26. The Kier molecular flexibility index (Phi) is 32.7. The van der Waals surface area contributed by atoms with Gasteiger partial charge in [-0.1, -0.05) is 54.6 Å². The molecule has 7 aromatic carbocycles. The van der Waals surface area contributed by atoms with Gasteiger partial charge in [0.05, 0.1) is 11.4 Å². The third kappa shape index (κ3) is 27.6. The predicted octanol–water partition coefficient (Wildman–Crippen LogP) is 5.49. The van der Waals surface area contributed by atoms with E-state index in [9.17, 15) is 0 Å². The first kappa shape index (κ1) is 100. The number of fused-ring (bicyclic) bond motifs is 7. The summed E-state index contributed by atoms with van der Waals surface area (Å²) in [5.74, 6) is 17.0. The van der Waals surface area contributed by atoms with Gasteiger partial charge in [0.2, 0.25) is 172 Å². The quantitative estimate of drug-likeness (QED) is 0.0288. The third-order valence-electron chi connectivity index (χ3n) is 20.5. The molecule has 14 aromatic rings. The zero-order valence-electron chi connectivity index (χ0n) is 80.5. The molecule has 0 radical (unpaired) electrons. The average molecular weight is 1990 g/mol. The van der Waals surface area contributed by atoms with Crippen molar-refractivity contribution in [1.29, 1.82) is 0 Å². The first-order valence-corrected chi connectivity index (χ1v) is 44.5. The molecule has 7 aliphatic heterocycles. The fourth-order valence-corrected chi connectivity index (χ4v) is 13.7. The van der Waals surface area contributed by atoms with Crippen LogP contribution in [-0.2, 0) is 32.2 Å². The SMILES string of the molecule is CN(C)c1nc(N)nc(NCCc2ccc3c(c2)OCO3)n1.CN(C)c1nc(NCCc2ccc3c(c2)OCO3)nc(N(C)C)n1.CN(c1nc(N)nc(N)n1)c1cccc2c1OCO2.CNc1nc(NCCc2ccc3c(c2)OCO3)nc(N(C)C)n1.Nc1nc(N)nc(NCCc2cccc3c2OCO3)n1.Nc1nc(N)nc(NCc2cccc3c2OCO3)n1.Nc1nc(N)nc(Nc2cccc3c2OCO3)n1. The molecule has 0 aliphatic carbocycles. The highest BCUT2D eigenvalue weighted by atomic mass is 16.7. The van der Waals surface area contributed by atoms with Crippen molar-refractivity contribution < 1.29 is 66.3 Å². The first-order valence-electron chi connectivity index (χ1n) is 44.5. The Labute approximate surface area is 829 Å². The van der Waals surface area contributed by atoms with Gasteiger partial charge < -0.3 is 180 Å². The fourth-order valence-electron chi connectivity index (χ4n) is 13.7. The molecule has 0 unspecified atom stereocenters. The Morgan fingerprint density at radius 1 is 0.248 bits per heavy atom. The minimum absolute atomic E-state index is 0.0507. The van der Waals surface area contributed by atoms with Crippen LogP contribution in [0.3, 0.4) is 0 Å². The number of benzene rings is 7. The summed E-state index contributed by atoms with van der Waals surface area (Å²) in [6.07, 6.45) is 3.20. The lowest BCUT2D eigenvalue weighted by Crippen LogP contribution is -2.20. The van der Waals surface area contributed by atoms with Crippen molar-refractivity contribution in [2.45, 2.75) is 32.2 Å². The molecule has 0 fully saturated rings. The summed E-state index contributed by atoms with van der Waals surface area (Å²) in [6, 6.07) is 40.3. The lowest BCUT2D eigenvalue weighted by Gasteiger charge is -2.18. The van der Waals surface area contributed by atoms with E-state index in [-0.39, 0.29) is 93.4 Å². The Hall–Kier alpha value is -19.4. The molecule has 758 valence electrons. The minimum atomic E-state index is 0.0507. The van der Waals surface area contributed by atoms with Crippen molar-refractivity contribution in [1.82, 2.24) is 105 Å². The molecule has 0 saturated heterocycles. The Balaban J connectivity index is 0.000000127. The van der Waals surface area contributed by atoms with Crippen LogP contribution in [0.15, 0.2) is 127 Å². The number of nitrogens with zero attached hydrogens (tertiary/aromatic N) is 26. The average Bonchev–Trinajstić information content (AvgIpc) is 1.74. The summed E-state index contributed by atoms with van der Waals surface area (Å²) in [4.78, 5) is 94.2. The monoisotopic (exact) mass is 1990 g/mol. The van der Waals surface area contributed by atoms with Crippen molar-refractivity contribution >= 4 is 136 Å². The number of rotatable bonds is 28. The van der Waals surface area contributed by atoms with E-state index in [2.05, 4.69) is 142 Å². The molecule has 0 bridgehead atoms. The van der Waals surface area contributed by atoms with Crippen molar-refractivity contribution in [2.24, 2.45) is 0 Å². The fraction of sp³-hybridized carbons (Fsp3) is 0.292. The topological polar surface area (TPSA) is 734 Å². The molecular weight excluding hydrogens is 1880 g/mol. The van der Waals surface area contributed by atoms with Crippen LogP contribution in [0, 0.1) is 0 Å². The molecule has 7 aromatic heterocycles. The highest BCUT2D eigenvalue weighted by Crippen LogP contribution is 2.44. The first-order chi connectivity index (χ1) is 70.1. The van der Waals surface area contributed by atoms with E-state index in [1.54, 1.807) is 23.9 Å². The smallest absolute Gasteiger partial charge is 0.236 e. The number of ether oxygens (including phenoxy) is 14. The number of aromatic nitrogens is 21. The maximum absolute atomic E-state index is 5.68. The summed E-state index contributed by atoms with van der Waals surface area (Å²) in [5, 5.41) is 21.6. The zero-order chi connectivity index (χ0) is 102. The van der Waals surface area contributed by atoms with E-state index < -0.39 is 0 Å². The third-order valence-corrected chi connectivity index (χ3v) is 20.5. The predicted molar refractivity (Wildman–Crippen MR) is 541 cm³/mol. The second-order valence-electron chi connectivity index (χ2n) is 31.8. The highest BCUT2D eigenvalue weighted by molar-refractivity contribution is 5.71.